The molecule has 4 amide bonds. The Balaban J connectivity index is 1.65. The molecule has 1 saturated heterocycles. The van der Waals surface area contributed by atoms with Gasteiger partial charge in [0.15, 0.2) is 5.41 Å². The third kappa shape index (κ3) is 2.51. The molecule has 0 aliphatic carbocycles. The predicted octanol–water partition coefficient (Wildman–Crippen LogP) is 3.24. The molecule has 150 valence electrons. The van der Waals surface area contributed by atoms with Crippen LogP contribution in [0.3, 0.4) is 0 Å². The summed E-state index contributed by atoms with van der Waals surface area (Å²) in [6.07, 6.45) is 0.170. The van der Waals surface area contributed by atoms with E-state index in [1.165, 1.54) is 24.3 Å². The number of carbonyl (C=O) groups excluding carboxylic acids is 3. The minimum Gasteiger partial charge on any atom is -0.373 e. The highest BCUT2D eigenvalue weighted by molar-refractivity contribution is 6.30. The molecular weight excluding hydrogens is 385 g/mol. The van der Waals surface area contributed by atoms with Crippen LogP contribution in [0.15, 0.2) is 60.7 Å². The molecule has 5 rings (SSSR count). The van der Waals surface area contributed by atoms with Crippen LogP contribution in [0.25, 0.3) is 10.8 Å². The number of barbiturate groups is 1. The second kappa shape index (κ2) is 6.38. The van der Waals surface area contributed by atoms with E-state index in [0.717, 1.165) is 26.9 Å². The number of benzene rings is 3. The van der Waals surface area contributed by atoms with Crippen molar-refractivity contribution in [1.29, 1.82) is 0 Å². The largest absolute Gasteiger partial charge is 0.373 e. The van der Waals surface area contributed by atoms with Gasteiger partial charge in [-0.2, -0.15) is 0 Å². The van der Waals surface area contributed by atoms with Gasteiger partial charge in [-0.05, 0) is 46.7 Å². The number of rotatable bonds is 1. The average Bonchev–Trinajstić information content (AvgIpc) is 2.74. The zero-order chi connectivity index (χ0) is 21.0. The molecular formula is C23H18FN3O3. The summed E-state index contributed by atoms with van der Waals surface area (Å²) in [6, 6.07) is 16.0. The Morgan fingerprint density at radius 1 is 0.967 bits per heavy atom. The minimum atomic E-state index is -1.46. The molecule has 1 N–H and O–H groups in total. The van der Waals surface area contributed by atoms with Gasteiger partial charge in [0.2, 0.25) is 5.91 Å². The highest BCUT2D eigenvalue weighted by atomic mass is 19.1. The van der Waals surface area contributed by atoms with Gasteiger partial charge in [0.05, 0.1) is 5.69 Å². The van der Waals surface area contributed by atoms with Crippen molar-refractivity contribution in [3.63, 3.8) is 0 Å². The topological polar surface area (TPSA) is 69.7 Å². The van der Waals surface area contributed by atoms with Gasteiger partial charge in [-0.3, -0.25) is 14.9 Å². The third-order valence-corrected chi connectivity index (χ3v) is 5.97. The van der Waals surface area contributed by atoms with Crippen molar-refractivity contribution in [2.24, 2.45) is 5.41 Å². The molecule has 2 heterocycles. The standard InChI is InChI=1S/C23H18FN3O3/c1-26-13-23(12-18-17-5-3-2-4-14(17)6-11-19(18)26)20(28)25-22(30)27(21(23)29)16-9-7-15(24)8-10-16/h2-11H,12-13H2,1H3,(H,25,28,30)/t23-/m1/s1. The van der Waals surface area contributed by atoms with Crippen LogP contribution in [0.5, 0.6) is 0 Å². The lowest BCUT2D eigenvalue weighted by Gasteiger charge is -2.45. The van der Waals surface area contributed by atoms with Crippen molar-refractivity contribution in [2.45, 2.75) is 6.42 Å². The van der Waals surface area contributed by atoms with Gasteiger partial charge in [-0.25, -0.2) is 14.1 Å². The highest BCUT2D eigenvalue weighted by Gasteiger charge is 2.57. The molecule has 0 aromatic heterocycles. The Kier molecular flexibility index (Phi) is 3.89. The van der Waals surface area contributed by atoms with Crippen LogP contribution in [-0.2, 0) is 16.0 Å². The molecule has 30 heavy (non-hydrogen) atoms. The fourth-order valence-electron chi connectivity index (χ4n) is 4.51. The van der Waals surface area contributed by atoms with E-state index in [9.17, 15) is 18.8 Å². The summed E-state index contributed by atoms with van der Waals surface area (Å²) < 4.78 is 13.4. The number of amides is 4. The highest BCUT2D eigenvalue weighted by Crippen LogP contribution is 2.42. The summed E-state index contributed by atoms with van der Waals surface area (Å²) >= 11 is 0. The summed E-state index contributed by atoms with van der Waals surface area (Å²) in [4.78, 5) is 42.0. The van der Waals surface area contributed by atoms with E-state index in [1.807, 2.05) is 48.3 Å². The first-order valence-electron chi connectivity index (χ1n) is 9.58. The summed E-state index contributed by atoms with van der Waals surface area (Å²) in [5, 5.41) is 4.32. The van der Waals surface area contributed by atoms with Crippen LogP contribution in [-0.4, -0.2) is 31.4 Å². The van der Waals surface area contributed by atoms with Gasteiger partial charge >= 0.3 is 6.03 Å². The number of hydrogen-bond donors (Lipinski definition) is 1. The Labute approximate surface area is 171 Å². The van der Waals surface area contributed by atoms with Gasteiger partial charge in [0.25, 0.3) is 5.91 Å². The van der Waals surface area contributed by atoms with Crippen molar-refractivity contribution >= 4 is 40.0 Å². The second-order valence-electron chi connectivity index (χ2n) is 7.78. The molecule has 1 fully saturated rings. The van der Waals surface area contributed by atoms with Crippen LogP contribution in [0, 0.1) is 11.2 Å². The molecule has 1 atom stereocenters. The summed E-state index contributed by atoms with van der Waals surface area (Å²) in [7, 11) is 1.83. The van der Waals surface area contributed by atoms with Crippen molar-refractivity contribution in [2.75, 3.05) is 23.4 Å². The van der Waals surface area contributed by atoms with Crippen molar-refractivity contribution in [3.8, 4) is 0 Å². The number of fused-ring (bicyclic) bond motifs is 3. The summed E-state index contributed by atoms with van der Waals surface area (Å²) in [5.41, 5.74) is 0.592. The van der Waals surface area contributed by atoms with Crippen LogP contribution < -0.4 is 15.1 Å². The number of carbonyl (C=O) groups is 3. The van der Waals surface area contributed by atoms with Crippen LogP contribution in [0.4, 0.5) is 20.6 Å². The molecule has 3 aromatic rings. The number of nitrogens with zero attached hydrogens (tertiary/aromatic N) is 2. The predicted molar refractivity (Wildman–Crippen MR) is 111 cm³/mol. The number of halogens is 1. The number of urea groups is 1. The molecule has 1 spiro atoms. The fraction of sp³-hybridized carbons (Fsp3) is 0.174. The van der Waals surface area contributed by atoms with Gasteiger partial charge in [-0.15, -0.1) is 0 Å². The maximum Gasteiger partial charge on any atom is 0.335 e. The molecule has 2 aliphatic heterocycles. The Bertz CT molecular complexity index is 1220. The van der Waals surface area contributed by atoms with Gasteiger partial charge < -0.3 is 4.90 Å². The van der Waals surface area contributed by atoms with E-state index in [1.54, 1.807) is 0 Å². The summed E-state index contributed by atoms with van der Waals surface area (Å²) in [6.45, 7) is 0.133. The van der Waals surface area contributed by atoms with E-state index in [4.69, 9.17) is 0 Å². The molecule has 0 radical (unpaired) electrons. The fourth-order valence-corrected chi connectivity index (χ4v) is 4.51. The zero-order valence-electron chi connectivity index (χ0n) is 16.2. The Hall–Kier alpha value is -3.74. The molecule has 2 aliphatic rings. The molecule has 6 nitrogen and oxygen atoms in total. The van der Waals surface area contributed by atoms with Crippen LogP contribution in [0.1, 0.15) is 5.56 Å². The zero-order valence-corrected chi connectivity index (χ0v) is 16.2. The molecule has 0 saturated carbocycles. The van der Waals surface area contributed by atoms with E-state index >= 15 is 0 Å². The molecule has 0 unspecified atom stereocenters. The van der Waals surface area contributed by atoms with Crippen molar-refractivity contribution in [1.82, 2.24) is 5.32 Å². The minimum absolute atomic E-state index is 0.133. The first kappa shape index (κ1) is 18.3. The van der Waals surface area contributed by atoms with Crippen molar-refractivity contribution in [3.05, 3.63) is 72.0 Å². The number of nitrogens with one attached hydrogen (secondary N) is 1. The Morgan fingerprint density at radius 2 is 1.70 bits per heavy atom. The normalized spacial score (nSPS) is 21.2. The number of hydrogen-bond acceptors (Lipinski definition) is 4. The SMILES string of the molecule is CN1C[C@]2(Cc3c1ccc1ccccc31)C(=O)NC(=O)N(c1ccc(F)cc1)C2=O. The van der Waals surface area contributed by atoms with E-state index in [-0.39, 0.29) is 18.7 Å². The van der Waals surface area contributed by atoms with Gasteiger partial charge in [0, 0.05) is 25.7 Å². The lowest BCUT2D eigenvalue weighted by molar-refractivity contribution is -0.142. The lowest BCUT2D eigenvalue weighted by atomic mass is 9.73. The van der Waals surface area contributed by atoms with E-state index in [2.05, 4.69) is 5.32 Å². The van der Waals surface area contributed by atoms with E-state index in [0.29, 0.717) is 0 Å². The van der Waals surface area contributed by atoms with Crippen molar-refractivity contribution < 1.29 is 18.8 Å². The maximum atomic E-state index is 13.6. The second-order valence-corrected chi connectivity index (χ2v) is 7.78. The molecule has 0 bridgehead atoms. The lowest BCUT2D eigenvalue weighted by Crippen LogP contribution is -2.68. The maximum absolute atomic E-state index is 13.6. The van der Waals surface area contributed by atoms with Crippen LogP contribution >= 0.6 is 0 Å². The Morgan fingerprint density at radius 3 is 2.47 bits per heavy atom. The monoisotopic (exact) mass is 403 g/mol. The van der Waals surface area contributed by atoms with E-state index < -0.39 is 29.1 Å². The first-order chi connectivity index (χ1) is 14.4. The smallest absolute Gasteiger partial charge is 0.335 e. The van der Waals surface area contributed by atoms with Crippen LogP contribution in [0.2, 0.25) is 0 Å². The van der Waals surface area contributed by atoms with Gasteiger partial charge in [-0.1, -0.05) is 30.3 Å². The summed E-state index contributed by atoms with van der Waals surface area (Å²) in [5.74, 6) is -1.69. The van der Waals surface area contributed by atoms with Gasteiger partial charge in [0.1, 0.15) is 5.82 Å². The molecule has 7 heteroatoms. The number of anilines is 2. The average molecular weight is 403 g/mol. The quantitative estimate of drug-likeness (QED) is 0.634. The third-order valence-electron chi connectivity index (χ3n) is 5.97. The number of imide groups is 2. The first-order valence-corrected chi connectivity index (χ1v) is 9.58. The molecule has 3 aromatic carbocycles.